The van der Waals surface area contributed by atoms with E-state index in [1.807, 2.05) is 6.07 Å². The van der Waals surface area contributed by atoms with Crippen molar-refractivity contribution in [2.75, 3.05) is 23.3 Å². The second-order valence-electron chi connectivity index (χ2n) is 6.19. The van der Waals surface area contributed by atoms with Crippen molar-refractivity contribution in [3.63, 3.8) is 0 Å². The van der Waals surface area contributed by atoms with Gasteiger partial charge in [-0.25, -0.2) is 4.98 Å². The van der Waals surface area contributed by atoms with E-state index in [0.29, 0.717) is 5.92 Å². The standard InChI is InChI=1S/C15H27N3/c1-7-18(11-12(2)3)14-10-8-9-13(16-14)17-15(4,5)6/h8-10,12H,7,11H2,1-6H3,(H,16,17). The maximum absolute atomic E-state index is 4.70. The second kappa shape index (κ2) is 6.07. The molecule has 0 aliphatic heterocycles. The monoisotopic (exact) mass is 249 g/mol. The Balaban J connectivity index is 2.86. The van der Waals surface area contributed by atoms with Crippen LogP contribution in [-0.4, -0.2) is 23.6 Å². The van der Waals surface area contributed by atoms with E-state index in [9.17, 15) is 0 Å². The number of pyridine rings is 1. The first-order valence-electron chi connectivity index (χ1n) is 6.82. The van der Waals surface area contributed by atoms with Crippen molar-refractivity contribution in [1.29, 1.82) is 0 Å². The van der Waals surface area contributed by atoms with E-state index < -0.39 is 0 Å². The van der Waals surface area contributed by atoms with Gasteiger partial charge in [-0.3, -0.25) is 0 Å². The molecular formula is C15H27N3. The smallest absolute Gasteiger partial charge is 0.130 e. The van der Waals surface area contributed by atoms with Gasteiger partial charge in [0, 0.05) is 18.6 Å². The van der Waals surface area contributed by atoms with Gasteiger partial charge in [0.05, 0.1) is 0 Å². The fraction of sp³-hybridized carbons (Fsp3) is 0.667. The molecule has 3 nitrogen and oxygen atoms in total. The molecule has 1 aromatic heterocycles. The van der Waals surface area contributed by atoms with Crippen LogP contribution in [0.4, 0.5) is 11.6 Å². The molecule has 0 saturated carbocycles. The quantitative estimate of drug-likeness (QED) is 0.861. The van der Waals surface area contributed by atoms with Crippen LogP contribution in [0.25, 0.3) is 0 Å². The van der Waals surface area contributed by atoms with Gasteiger partial charge in [0.15, 0.2) is 0 Å². The molecule has 0 saturated heterocycles. The zero-order valence-electron chi connectivity index (χ0n) is 12.6. The zero-order chi connectivity index (χ0) is 13.8. The molecule has 0 spiro atoms. The average molecular weight is 249 g/mol. The molecular weight excluding hydrogens is 222 g/mol. The van der Waals surface area contributed by atoms with Crippen molar-refractivity contribution >= 4 is 11.6 Å². The first kappa shape index (κ1) is 14.8. The fourth-order valence-electron chi connectivity index (χ4n) is 1.88. The summed E-state index contributed by atoms with van der Waals surface area (Å²) in [4.78, 5) is 7.02. The van der Waals surface area contributed by atoms with Crippen LogP contribution in [0.2, 0.25) is 0 Å². The maximum Gasteiger partial charge on any atom is 0.130 e. The molecule has 1 rings (SSSR count). The van der Waals surface area contributed by atoms with Gasteiger partial charge in [0.25, 0.3) is 0 Å². The van der Waals surface area contributed by atoms with E-state index in [1.54, 1.807) is 0 Å². The van der Waals surface area contributed by atoms with Crippen molar-refractivity contribution in [1.82, 2.24) is 4.98 Å². The molecule has 0 amide bonds. The summed E-state index contributed by atoms with van der Waals surface area (Å²) < 4.78 is 0. The average Bonchev–Trinajstić information content (AvgIpc) is 2.23. The highest BCUT2D eigenvalue weighted by atomic mass is 15.2. The number of anilines is 2. The Hall–Kier alpha value is -1.25. The Morgan fingerprint density at radius 2 is 1.94 bits per heavy atom. The van der Waals surface area contributed by atoms with Gasteiger partial charge in [-0.05, 0) is 45.7 Å². The Labute approximate surface area is 112 Å². The molecule has 0 fully saturated rings. The third-order valence-electron chi connectivity index (χ3n) is 2.53. The Morgan fingerprint density at radius 1 is 1.28 bits per heavy atom. The van der Waals surface area contributed by atoms with Crippen LogP contribution >= 0.6 is 0 Å². The first-order chi connectivity index (χ1) is 8.31. The highest BCUT2D eigenvalue weighted by Crippen LogP contribution is 2.18. The number of hydrogen-bond donors (Lipinski definition) is 1. The van der Waals surface area contributed by atoms with Crippen molar-refractivity contribution < 1.29 is 0 Å². The third-order valence-corrected chi connectivity index (χ3v) is 2.53. The fourth-order valence-corrected chi connectivity index (χ4v) is 1.88. The molecule has 1 aromatic rings. The Bertz CT molecular complexity index is 366. The van der Waals surface area contributed by atoms with Gasteiger partial charge in [0.2, 0.25) is 0 Å². The summed E-state index contributed by atoms with van der Waals surface area (Å²) in [6, 6.07) is 6.18. The van der Waals surface area contributed by atoms with Crippen LogP contribution in [0.5, 0.6) is 0 Å². The molecule has 0 radical (unpaired) electrons. The van der Waals surface area contributed by atoms with Crippen molar-refractivity contribution in [2.24, 2.45) is 5.92 Å². The molecule has 0 aromatic carbocycles. The number of nitrogens with zero attached hydrogens (tertiary/aromatic N) is 2. The van der Waals surface area contributed by atoms with Gasteiger partial charge in [-0.15, -0.1) is 0 Å². The SMILES string of the molecule is CCN(CC(C)C)c1cccc(NC(C)(C)C)n1. The Kier molecular flexibility index (Phi) is 5.00. The van der Waals surface area contributed by atoms with E-state index in [-0.39, 0.29) is 5.54 Å². The normalized spacial score (nSPS) is 11.7. The minimum Gasteiger partial charge on any atom is -0.365 e. The van der Waals surface area contributed by atoms with E-state index >= 15 is 0 Å². The molecule has 0 unspecified atom stereocenters. The second-order valence-corrected chi connectivity index (χ2v) is 6.19. The van der Waals surface area contributed by atoms with E-state index in [4.69, 9.17) is 4.98 Å². The Morgan fingerprint density at radius 3 is 2.44 bits per heavy atom. The summed E-state index contributed by atoms with van der Waals surface area (Å²) in [6.45, 7) is 15.1. The molecule has 3 heteroatoms. The van der Waals surface area contributed by atoms with Crippen LogP contribution in [0.3, 0.4) is 0 Å². The predicted octanol–water partition coefficient (Wildman–Crippen LogP) is 3.77. The molecule has 0 atom stereocenters. The molecule has 18 heavy (non-hydrogen) atoms. The molecule has 0 aliphatic carbocycles. The first-order valence-corrected chi connectivity index (χ1v) is 6.82. The minimum absolute atomic E-state index is 0.0424. The molecule has 0 bridgehead atoms. The lowest BCUT2D eigenvalue weighted by Gasteiger charge is -2.26. The van der Waals surface area contributed by atoms with Crippen LogP contribution in [0.15, 0.2) is 18.2 Å². The molecule has 102 valence electrons. The lowest BCUT2D eigenvalue weighted by atomic mass is 10.1. The zero-order valence-corrected chi connectivity index (χ0v) is 12.6. The van der Waals surface area contributed by atoms with Crippen molar-refractivity contribution in [3.8, 4) is 0 Å². The molecule has 1 N–H and O–H groups in total. The lowest BCUT2D eigenvalue weighted by molar-refractivity contribution is 0.611. The maximum atomic E-state index is 4.70. The van der Waals surface area contributed by atoms with Crippen LogP contribution in [0.1, 0.15) is 41.5 Å². The van der Waals surface area contributed by atoms with E-state index in [1.165, 1.54) is 0 Å². The number of hydrogen-bond acceptors (Lipinski definition) is 3. The van der Waals surface area contributed by atoms with Crippen LogP contribution < -0.4 is 10.2 Å². The van der Waals surface area contributed by atoms with Gasteiger partial charge < -0.3 is 10.2 Å². The van der Waals surface area contributed by atoms with Crippen molar-refractivity contribution in [2.45, 2.75) is 47.1 Å². The van der Waals surface area contributed by atoms with Gasteiger partial charge in [-0.2, -0.15) is 0 Å². The summed E-state index contributed by atoms with van der Waals surface area (Å²) in [5.41, 5.74) is 0.0424. The summed E-state index contributed by atoms with van der Waals surface area (Å²) in [5.74, 6) is 2.65. The number of nitrogens with one attached hydrogen (secondary N) is 1. The number of aromatic nitrogens is 1. The molecule has 1 heterocycles. The minimum atomic E-state index is 0.0424. The summed E-state index contributed by atoms with van der Waals surface area (Å²) >= 11 is 0. The summed E-state index contributed by atoms with van der Waals surface area (Å²) in [6.07, 6.45) is 0. The van der Waals surface area contributed by atoms with Gasteiger partial charge >= 0.3 is 0 Å². The largest absolute Gasteiger partial charge is 0.365 e. The predicted molar refractivity (Wildman–Crippen MR) is 80.3 cm³/mol. The highest BCUT2D eigenvalue weighted by Gasteiger charge is 2.12. The highest BCUT2D eigenvalue weighted by molar-refractivity contribution is 5.48. The van der Waals surface area contributed by atoms with E-state index in [0.717, 1.165) is 24.7 Å². The third kappa shape index (κ3) is 4.94. The van der Waals surface area contributed by atoms with Crippen LogP contribution in [0, 0.1) is 5.92 Å². The molecule has 0 aliphatic rings. The van der Waals surface area contributed by atoms with Crippen LogP contribution in [-0.2, 0) is 0 Å². The van der Waals surface area contributed by atoms with Gasteiger partial charge in [-0.1, -0.05) is 19.9 Å². The summed E-state index contributed by atoms with van der Waals surface area (Å²) in [7, 11) is 0. The summed E-state index contributed by atoms with van der Waals surface area (Å²) in [5, 5.41) is 3.42. The topological polar surface area (TPSA) is 28.2 Å². The number of rotatable bonds is 5. The van der Waals surface area contributed by atoms with E-state index in [2.05, 4.69) is 63.9 Å². The van der Waals surface area contributed by atoms with Crippen molar-refractivity contribution in [3.05, 3.63) is 18.2 Å². The lowest BCUT2D eigenvalue weighted by Crippen LogP contribution is -2.29. The van der Waals surface area contributed by atoms with Gasteiger partial charge in [0.1, 0.15) is 11.6 Å².